The Bertz CT molecular complexity index is 557. The number of ether oxygens (including phenoxy) is 1. The van der Waals surface area contributed by atoms with E-state index >= 15 is 0 Å². The number of nitrogens with one attached hydrogen (secondary N) is 1. The normalized spacial score (nSPS) is 22.6. The smallest absolute Gasteiger partial charge is 0.183 e. The molecular weight excluding hydrogens is 368 g/mol. The van der Waals surface area contributed by atoms with Gasteiger partial charge in [-0.25, -0.2) is 0 Å². The van der Waals surface area contributed by atoms with E-state index in [1.54, 1.807) is 0 Å². The van der Waals surface area contributed by atoms with Gasteiger partial charge in [0.05, 0.1) is 11.1 Å². The lowest BCUT2D eigenvalue weighted by molar-refractivity contribution is 0.0977. The summed E-state index contributed by atoms with van der Waals surface area (Å²) in [5, 5.41) is 4.21. The van der Waals surface area contributed by atoms with E-state index in [9.17, 15) is 0 Å². The highest BCUT2D eigenvalue weighted by Gasteiger charge is 2.18. The molecule has 2 fully saturated rings. The summed E-state index contributed by atoms with van der Waals surface area (Å²) < 4.78 is 6.09. The largest absolute Gasteiger partial charge is 0.476 e. The van der Waals surface area contributed by atoms with Gasteiger partial charge < -0.3 is 20.7 Å². The Kier molecular flexibility index (Phi) is 10.3. The minimum atomic E-state index is 0.287. The average Bonchev–Trinajstić information content (AvgIpc) is 2.96. The van der Waals surface area contributed by atoms with Crippen LogP contribution < -0.4 is 11.1 Å². The van der Waals surface area contributed by atoms with E-state index in [-0.39, 0.29) is 6.10 Å². The van der Waals surface area contributed by atoms with Gasteiger partial charge in [0.25, 0.3) is 0 Å². The van der Waals surface area contributed by atoms with Crippen LogP contribution in [0.1, 0.15) is 78.1 Å². The van der Waals surface area contributed by atoms with Crippen LogP contribution in [-0.4, -0.2) is 43.0 Å². The Morgan fingerprint density at radius 1 is 1.14 bits per heavy atom. The average molecular weight is 409 g/mol. The van der Waals surface area contributed by atoms with Crippen LogP contribution in [-0.2, 0) is 4.74 Å². The third-order valence-electron chi connectivity index (χ3n) is 5.83. The minimum absolute atomic E-state index is 0.287. The monoisotopic (exact) mass is 408 g/mol. The molecule has 2 aliphatic rings. The molecule has 0 radical (unpaired) electrons. The summed E-state index contributed by atoms with van der Waals surface area (Å²) in [6, 6.07) is 0.389. The molecule has 0 amide bonds. The number of aliphatic imine (C=N–C) groups is 1. The predicted molar refractivity (Wildman–Crippen MR) is 123 cm³/mol. The van der Waals surface area contributed by atoms with Gasteiger partial charge in [-0.3, -0.25) is 4.99 Å². The van der Waals surface area contributed by atoms with Gasteiger partial charge in [0.1, 0.15) is 11.9 Å². The third kappa shape index (κ3) is 8.48. The van der Waals surface area contributed by atoms with Crippen molar-refractivity contribution in [3.63, 3.8) is 0 Å². The molecule has 0 unspecified atom stereocenters. The molecule has 3 N–H and O–H groups in total. The van der Waals surface area contributed by atoms with Crippen LogP contribution in [0.25, 0.3) is 0 Å². The van der Waals surface area contributed by atoms with E-state index in [2.05, 4.69) is 36.8 Å². The minimum Gasteiger partial charge on any atom is -0.476 e. The van der Waals surface area contributed by atoms with Crippen molar-refractivity contribution >= 4 is 18.5 Å². The van der Waals surface area contributed by atoms with E-state index in [0.717, 1.165) is 68.1 Å². The second kappa shape index (κ2) is 12.4. The van der Waals surface area contributed by atoms with Gasteiger partial charge in [-0.1, -0.05) is 18.9 Å². The molecule has 1 saturated carbocycles. The lowest BCUT2D eigenvalue weighted by Crippen LogP contribution is -2.33. The van der Waals surface area contributed by atoms with Crippen LogP contribution in [0.5, 0.6) is 0 Å². The Morgan fingerprint density at radius 3 is 2.39 bits per heavy atom. The predicted octanol–water partition coefficient (Wildman–Crippen LogP) is 4.57. The topological polar surface area (TPSA) is 62.9 Å². The summed E-state index contributed by atoms with van der Waals surface area (Å²) in [7, 11) is 2.18. The van der Waals surface area contributed by atoms with Gasteiger partial charge in [-0.15, -0.1) is 12.6 Å². The van der Waals surface area contributed by atoms with Crippen molar-refractivity contribution in [1.82, 2.24) is 10.2 Å². The number of rotatable bonds is 7. The summed E-state index contributed by atoms with van der Waals surface area (Å²) >= 11 is 4.48. The third-order valence-corrected chi connectivity index (χ3v) is 6.20. The summed E-state index contributed by atoms with van der Waals surface area (Å²) in [6.07, 6.45) is 13.5. The molecule has 5 nitrogen and oxygen atoms in total. The number of hydrogen-bond acceptors (Lipinski definition) is 5. The zero-order valence-corrected chi connectivity index (χ0v) is 18.9. The van der Waals surface area contributed by atoms with Crippen LogP contribution >= 0.6 is 12.6 Å². The molecule has 0 atom stereocenters. The lowest BCUT2D eigenvalue weighted by Gasteiger charge is -2.27. The van der Waals surface area contributed by atoms with Crippen LogP contribution in [0, 0.1) is 0 Å². The Balaban J connectivity index is 1.94. The fraction of sp³-hybridized carbons (Fsp3) is 0.773. The molecule has 28 heavy (non-hydrogen) atoms. The molecule has 6 heteroatoms. The van der Waals surface area contributed by atoms with Crippen LogP contribution in [0.3, 0.4) is 0 Å². The van der Waals surface area contributed by atoms with Gasteiger partial charge in [0, 0.05) is 6.42 Å². The maximum atomic E-state index is 6.28. The number of piperidine rings is 1. The molecule has 0 aromatic heterocycles. The summed E-state index contributed by atoms with van der Waals surface area (Å²) in [5.74, 6) is 1.61. The number of hydrogen-bond donors (Lipinski definition) is 3. The fourth-order valence-corrected chi connectivity index (χ4v) is 3.92. The molecule has 1 aliphatic carbocycles. The van der Waals surface area contributed by atoms with Crippen molar-refractivity contribution in [3.8, 4) is 0 Å². The van der Waals surface area contributed by atoms with E-state index in [4.69, 9.17) is 15.5 Å². The number of nitrogens with two attached hydrogens (primary N) is 1. The SMILES string of the molecule is C/C=C(/S)NC(CCC(C)=C(N)OC1CCCCCC1)=NC1CCN(C)CC1. The Hall–Kier alpha value is -1.14. The maximum Gasteiger partial charge on any atom is 0.183 e. The highest BCUT2D eigenvalue weighted by atomic mass is 32.1. The van der Waals surface area contributed by atoms with Gasteiger partial charge >= 0.3 is 0 Å². The molecule has 0 aromatic rings. The highest BCUT2D eigenvalue weighted by molar-refractivity contribution is 7.84. The van der Waals surface area contributed by atoms with Crippen molar-refractivity contribution in [2.45, 2.75) is 90.2 Å². The summed E-state index contributed by atoms with van der Waals surface area (Å²) in [5.41, 5.74) is 7.39. The molecule has 0 aromatic carbocycles. The first-order chi connectivity index (χ1) is 13.5. The Labute approximate surface area is 177 Å². The standard InChI is InChI=1S/C22H40N4OS/c1-4-21(28)25-20(24-18-13-15-26(3)16-14-18)12-11-17(2)22(23)27-19-9-7-5-6-8-10-19/h4,18-19,28H,5-16,23H2,1-3H3,(H,24,25)/b21-4+,22-17?. The maximum absolute atomic E-state index is 6.28. The van der Waals surface area contributed by atoms with Crippen molar-refractivity contribution in [2.24, 2.45) is 10.7 Å². The van der Waals surface area contributed by atoms with E-state index in [1.807, 2.05) is 13.0 Å². The molecular formula is C22H40N4OS. The van der Waals surface area contributed by atoms with Gasteiger partial charge in [0.2, 0.25) is 0 Å². The molecule has 2 rings (SSSR count). The zero-order chi connectivity index (χ0) is 20.4. The number of likely N-dealkylation sites (tertiary alicyclic amines) is 1. The van der Waals surface area contributed by atoms with Crippen molar-refractivity contribution in [2.75, 3.05) is 20.1 Å². The van der Waals surface area contributed by atoms with E-state index in [0.29, 0.717) is 11.9 Å². The van der Waals surface area contributed by atoms with E-state index < -0.39 is 0 Å². The number of amidine groups is 1. The molecule has 1 aliphatic heterocycles. The van der Waals surface area contributed by atoms with Crippen molar-refractivity contribution < 1.29 is 4.74 Å². The number of nitrogens with zero attached hydrogens (tertiary/aromatic N) is 2. The van der Waals surface area contributed by atoms with Crippen LogP contribution in [0.4, 0.5) is 0 Å². The molecule has 1 saturated heterocycles. The summed E-state index contributed by atoms with van der Waals surface area (Å²) in [4.78, 5) is 7.37. The van der Waals surface area contributed by atoms with Crippen LogP contribution in [0.15, 0.2) is 27.6 Å². The fourth-order valence-electron chi connectivity index (χ4n) is 3.79. The second-order valence-corrected chi connectivity index (χ2v) is 8.77. The summed E-state index contributed by atoms with van der Waals surface area (Å²) in [6.45, 7) is 6.28. The molecule has 0 bridgehead atoms. The zero-order valence-electron chi connectivity index (χ0n) is 18.0. The Morgan fingerprint density at radius 2 is 1.79 bits per heavy atom. The van der Waals surface area contributed by atoms with Crippen molar-refractivity contribution in [1.29, 1.82) is 0 Å². The quantitative estimate of drug-likeness (QED) is 0.190. The first-order valence-corrected chi connectivity index (χ1v) is 11.4. The highest BCUT2D eigenvalue weighted by Crippen LogP contribution is 2.22. The van der Waals surface area contributed by atoms with Gasteiger partial charge in [-0.2, -0.15) is 0 Å². The second-order valence-electron chi connectivity index (χ2n) is 8.29. The molecule has 1 heterocycles. The molecule has 0 spiro atoms. The van der Waals surface area contributed by atoms with Crippen LogP contribution in [0.2, 0.25) is 0 Å². The van der Waals surface area contributed by atoms with Crippen molar-refractivity contribution in [3.05, 3.63) is 22.6 Å². The van der Waals surface area contributed by atoms with Gasteiger partial charge in [-0.05, 0) is 84.5 Å². The lowest BCUT2D eigenvalue weighted by atomic mass is 10.1. The number of thiol groups is 1. The molecule has 160 valence electrons. The van der Waals surface area contributed by atoms with E-state index in [1.165, 1.54) is 25.7 Å². The first kappa shape index (κ1) is 23.1. The van der Waals surface area contributed by atoms with Gasteiger partial charge in [0.15, 0.2) is 5.88 Å². The first-order valence-electron chi connectivity index (χ1n) is 11.0. The number of allylic oxidation sites excluding steroid dienone is 2.